The van der Waals surface area contributed by atoms with Crippen LogP contribution in [0, 0.1) is 0 Å². The third-order valence-corrected chi connectivity index (χ3v) is 1.40. The zero-order chi connectivity index (χ0) is 8.81. The monoisotopic (exact) mass is 166 g/mol. The molecule has 0 atom stereocenters. The maximum atomic E-state index is 9.97. The van der Waals surface area contributed by atoms with Crippen molar-refractivity contribution in [1.82, 2.24) is 10.3 Å². The van der Waals surface area contributed by atoms with Gasteiger partial charge in [0.15, 0.2) is 0 Å². The number of ether oxygens (including phenoxy) is 1. The highest BCUT2D eigenvalue weighted by molar-refractivity contribution is 5.46. The summed E-state index contributed by atoms with van der Waals surface area (Å²) in [5.41, 5.74) is 0.918. The zero-order valence-corrected chi connectivity index (χ0v) is 6.78. The molecular weight excluding hydrogens is 156 g/mol. The van der Waals surface area contributed by atoms with Gasteiger partial charge in [0.25, 0.3) is 0 Å². The van der Waals surface area contributed by atoms with Crippen LogP contribution in [0.1, 0.15) is 5.56 Å². The van der Waals surface area contributed by atoms with Gasteiger partial charge in [-0.25, -0.2) is 0 Å². The van der Waals surface area contributed by atoms with Crippen molar-refractivity contribution in [3.8, 4) is 5.75 Å². The van der Waals surface area contributed by atoms with E-state index < -0.39 is 0 Å². The minimum absolute atomic E-state index is 0.480. The summed E-state index contributed by atoms with van der Waals surface area (Å²) in [6.07, 6.45) is 3.95. The number of hydrogen-bond donors (Lipinski definition) is 1. The minimum Gasteiger partial charge on any atom is -0.495 e. The van der Waals surface area contributed by atoms with Gasteiger partial charge in [0.2, 0.25) is 6.41 Å². The van der Waals surface area contributed by atoms with E-state index in [0.717, 1.165) is 5.56 Å². The van der Waals surface area contributed by atoms with Gasteiger partial charge < -0.3 is 10.1 Å². The fraction of sp³-hybridized carbons (Fsp3) is 0.250. The predicted octanol–water partition coefficient (Wildman–Crippen LogP) is 0.336. The van der Waals surface area contributed by atoms with Crippen LogP contribution in [-0.2, 0) is 11.3 Å². The van der Waals surface area contributed by atoms with Gasteiger partial charge in [-0.2, -0.15) is 0 Å². The first-order chi connectivity index (χ1) is 5.86. The molecule has 1 aromatic rings. The Morgan fingerprint density at radius 1 is 1.67 bits per heavy atom. The number of carbonyl (C=O) groups is 1. The molecule has 12 heavy (non-hydrogen) atoms. The highest BCUT2D eigenvalue weighted by Gasteiger charge is 1.94. The molecule has 0 aromatic carbocycles. The topological polar surface area (TPSA) is 51.2 Å². The summed E-state index contributed by atoms with van der Waals surface area (Å²) in [6, 6.07) is 1.82. The Balaban J connectivity index is 2.65. The van der Waals surface area contributed by atoms with Crippen LogP contribution < -0.4 is 10.1 Å². The largest absolute Gasteiger partial charge is 0.495 e. The molecule has 1 aromatic heterocycles. The van der Waals surface area contributed by atoms with Crippen molar-refractivity contribution >= 4 is 6.41 Å². The van der Waals surface area contributed by atoms with Crippen molar-refractivity contribution < 1.29 is 9.53 Å². The van der Waals surface area contributed by atoms with Crippen LogP contribution >= 0.6 is 0 Å². The Morgan fingerprint density at radius 2 is 2.50 bits per heavy atom. The maximum absolute atomic E-state index is 9.97. The molecule has 64 valence electrons. The Bertz CT molecular complexity index is 263. The first kappa shape index (κ1) is 8.52. The van der Waals surface area contributed by atoms with E-state index in [0.29, 0.717) is 18.7 Å². The number of pyridine rings is 1. The number of aromatic nitrogens is 1. The molecule has 1 amide bonds. The summed E-state index contributed by atoms with van der Waals surface area (Å²) in [6.45, 7) is 0.480. The maximum Gasteiger partial charge on any atom is 0.207 e. The van der Waals surface area contributed by atoms with Gasteiger partial charge in [-0.05, 0) is 11.6 Å². The molecule has 0 fully saturated rings. The molecule has 4 heteroatoms. The third-order valence-electron chi connectivity index (χ3n) is 1.40. The fourth-order valence-corrected chi connectivity index (χ4v) is 0.832. The average molecular weight is 166 g/mol. The van der Waals surface area contributed by atoms with Gasteiger partial charge in [0.1, 0.15) is 5.75 Å². The van der Waals surface area contributed by atoms with E-state index >= 15 is 0 Å². The summed E-state index contributed by atoms with van der Waals surface area (Å²) < 4.78 is 4.96. The van der Waals surface area contributed by atoms with Gasteiger partial charge in [0.05, 0.1) is 13.3 Å². The predicted molar refractivity (Wildman–Crippen MR) is 43.7 cm³/mol. The van der Waals surface area contributed by atoms with Crippen molar-refractivity contribution in [2.75, 3.05) is 7.11 Å². The lowest BCUT2D eigenvalue weighted by Crippen LogP contribution is -2.09. The Labute approximate surface area is 70.6 Å². The van der Waals surface area contributed by atoms with Crippen molar-refractivity contribution in [2.45, 2.75) is 6.54 Å². The summed E-state index contributed by atoms with van der Waals surface area (Å²) in [5.74, 6) is 0.695. The second-order valence-corrected chi connectivity index (χ2v) is 2.23. The Kier molecular flexibility index (Phi) is 3.07. The van der Waals surface area contributed by atoms with Crippen LogP contribution in [0.25, 0.3) is 0 Å². The lowest BCUT2D eigenvalue weighted by Gasteiger charge is -2.01. The molecule has 0 aliphatic heterocycles. The van der Waals surface area contributed by atoms with Crippen LogP contribution in [0.5, 0.6) is 5.75 Å². The summed E-state index contributed by atoms with van der Waals surface area (Å²) in [4.78, 5) is 13.9. The number of amides is 1. The highest BCUT2D eigenvalue weighted by atomic mass is 16.5. The number of rotatable bonds is 4. The van der Waals surface area contributed by atoms with Crippen molar-refractivity contribution in [1.29, 1.82) is 0 Å². The van der Waals surface area contributed by atoms with Gasteiger partial charge in [-0.1, -0.05) is 0 Å². The normalized spacial score (nSPS) is 9.08. The molecule has 0 unspecified atom stereocenters. The molecule has 0 saturated carbocycles. The quantitative estimate of drug-likeness (QED) is 0.656. The van der Waals surface area contributed by atoms with Gasteiger partial charge >= 0.3 is 0 Å². The van der Waals surface area contributed by atoms with E-state index in [1.54, 1.807) is 19.5 Å². The molecule has 1 rings (SSSR count). The zero-order valence-electron chi connectivity index (χ0n) is 6.78. The molecule has 0 aliphatic rings. The summed E-state index contributed by atoms with van der Waals surface area (Å²) >= 11 is 0. The van der Waals surface area contributed by atoms with Crippen LogP contribution in [-0.4, -0.2) is 18.5 Å². The molecule has 4 nitrogen and oxygen atoms in total. The average Bonchev–Trinajstić information content (AvgIpc) is 2.15. The molecule has 0 radical (unpaired) electrons. The van der Waals surface area contributed by atoms with E-state index in [9.17, 15) is 4.79 Å². The first-order valence-electron chi connectivity index (χ1n) is 3.51. The SMILES string of the molecule is COc1cncc(CNC=O)c1. The number of hydrogen-bond acceptors (Lipinski definition) is 3. The standard InChI is InChI=1S/C8H10N2O2/c1-12-8-2-7(3-9-5-8)4-10-6-11/h2-3,5-6H,4H2,1H3,(H,10,11). The van der Waals surface area contributed by atoms with Crippen molar-refractivity contribution in [3.05, 3.63) is 24.0 Å². The van der Waals surface area contributed by atoms with E-state index in [4.69, 9.17) is 4.74 Å². The molecule has 0 spiro atoms. The van der Waals surface area contributed by atoms with E-state index in [1.807, 2.05) is 6.07 Å². The number of carbonyl (C=O) groups excluding carboxylic acids is 1. The first-order valence-corrected chi connectivity index (χ1v) is 3.51. The second-order valence-electron chi connectivity index (χ2n) is 2.23. The van der Waals surface area contributed by atoms with Crippen molar-refractivity contribution in [2.24, 2.45) is 0 Å². The van der Waals surface area contributed by atoms with Crippen LogP contribution in [0.15, 0.2) is 18.5 Å². The molecule has 1 heterocycles. The Morgan fingerprint density at radius 3 is 3.17 bits per heavy atom. The molecule has 0 aliphatic carbocycles. The second kappa shape index (κ2) is 4.33. The van der Waals surface area contributed by atoms with Gasteiger partial charge in [0, 0.05) is 12.7 Å². The minimum atomic E-state index is 0.480. The molecular formula is C8H10N2O2. The third kappa shape index (κ3) is 2.23. The van der Waals surface area contributed by atoms with Crippen LogP contribution in [0.4, 0.5) is 0 Å². The van der Waals surface area contributed by atoms with Crippen LogP contribution in [0.2, 0.25) is 0 Å². The number of nitrogens with zero attached hydrogens (tertiary/aromatic N) is 1. The molecule has 1 N–H and O–H groups in total. The summed E-state index contributed by atoms with van der Waals surface area (Å²) in [7, 11) is 1.58. The smallest absolute Gasteiger partial charge is 0.207 e. The Hall–Kier alpha value is -1.58. The molecule has 0 saturated heterocycles. The highest BCUT2D eigenvalue weighted by Crippen LogP contribution is 2.09. The summed E-state index contributed by atoms with van der Waals surface area (Å²) in [5, 5.41) is 2.54. The van der Waals surface area contributed by atoms with Crippen molar-refractivity contribution in [3.63, 3.8) is 0 Å². The van der Waals surface area contributed by atoms with E-state index in [1.165, 1.54) is 0 Å². The molecule has 0 bridgehead atoms. The number of nitrogens with one attached hydrogen (secondary N) is 1. The number of methoxy groups -OCH3 is 1. The lowest BCUT2D eigenvalue weighted by molar-refractivity contribution is -0.109. The van der Waals surface area contributed by atoms with Crippen LogP contribution in [0.3, 0.4) is 0 Å². The van der Waals surface area contributed by atoms with Gasteiger partial charge in [-0.3, -0.25) is 9.78 Å². The van der Waals surface area contributed by atoms with E-state index in [-0.39, 0.29) is 0 Å². The lowest BCUT2D eigenvalue weighted by atomic mass is 10.3. The van der Waals surface area contributed by atoms with E-state index in [2.05, 4.69) is 10.3 Å². The van der Waals surface area contributed by atoms with Gasteiger partial charge in [-0.15, -0.1) is 0 Å². The fourth-order valence-electron chi connectivity index (χ4n) is 0.832.